The zero-order chi connectivity index (χ0) is 17.2. The fraction of sp³-hybridized carbons (Fsp3) is 0.409. The second-order valence-corrected chi connectivity index (χ2v) is 7.53. The van der Waals surface area contributed by atoms with Gasteiger partial charge in [0.2, 0.25) is 0 Å². The second-order valence-electron chi connectivity index (χ2n) is 7.53. The average molecular weight is 336 g/mol. The number of hydrogen-bond donors (Lipinski definition) is 1. The quantitative estimate of drug-likeness (QED) is 0.851. The van der Waals surface area contributed by atoms with Crippen molar-refractivity contribution in [2.45, 2.75) is 38.1 Å². The van der Waals surface area contributed by atoms with Gasteiger partial charge in [-0.15, -0.1) is 0 Å². The van der Waals surface area contributed by atoms with E-state index < -0.39 is 0 Å². The summed E-state index contributed by atoms with van der Waals surface area (Å²) in [5.41, 5.74) is 9.13. The largest absolute Gasteiger partial charge is 0.327 e. The zero-order valence-corrected chi connectivity index (χ0v) is 14.4. The third kappa shape index (κ3) is 3.52. The van der Waals surface area contributed by atoms with Gasteiger partial charge in [-0.3, -0.25) is 4.98 Å². The average Bonchev–Trinajstić information content (AvgIpc) is 2.95. The minimum atomic E-state index is -0.223. The van der Waals surface area contributed by atoms with Gasteiger partial charge in [0.25, 0.3) is 0 Å². The second kappa shape index (κ2) is 7.09. The van der Waals surface area contributed by atoms with Crippen LogP contribution in [0.2, 0.25) is 0 Å². The monoisotopic (exact) mass is 336 g/mol. The molecule has 0 radical (unpaired) electrons. The number of benzene rings is 1. The van der Waals surface area contributed by atoms with Gasteiger partial charge < -0.3 is 5.73 Å². The van der Waals surface area contributed by atoms with Gasteiger partial charge in [-0.25, -0.2) is 4.39 Å². The summed E-state index contributed by atoms with van der Waals surface area (Å²) in [6.07, 6.45) is 12.8. The number of nitrogens with two attached hydrogens (primary N) is 1. The van der Waals surface area contributed by atoms with Gasteiger partial charge in [0.15, 0.2) is 0 Å². The number of halogens is 1. The van der Waals surface area contributed by atoms with Crippen molar-refractivity contribution in [1.82, 2.24) is 4.98 Å². The van der Waals surface area contributed by atoms with Crippen LogP contribution in [-0.2, 0) is 0 Å². The Labute approximate surface area is 149 Å². The highest BCUT2D eigenvalue weighted by Crippen LogP contribution is 2.46. The summed E-state index contributed by atoms with van der Waals surface area (Å²) < 4.78 is 13.4. The minimum absolute atomic E-state index is 0.223. The topological polar surface area (TPSA) is 38.9 Å². The Hall–Kier alpha value is -2.00. The van der Waals surface area contributed by atoms with Crippen LogP contribution in [0.5, 0.6) is 0 Å². The molecule has 2 N–H and O–H groups in total. The van der Waals surface area contributed by atoms with Gasteiger partial charge in [-0.05, 0) is 60.4 Å². The molecule has 0 amide bonds. The van der Waals surface area contributed by atoms with E-state index in [1.165, 1.54) is 44.2 Å². The Morgan fingerprint density at radius 2 is 1.96 bits per heavy atom. The van der Waals surface area contributed by atoms with E-state index in [4.69, 9.17) is 5.73 Å². The van der Waals surface area contributed by atoms with E-state index in [9.17, 15) is 4.39 Å². The van der Waals surface area contributed by atoms with E-state index in [1.807, 2.05) is 24.4 Å². The first-order valence-electron chi connectivity index (χ1n) is 9.36. The predicted molar refractivity (Wildman–Crippen MR) is 100 cm³/mol. The summed E-state index contributed by atoms with van der Waals surface area (Å²) in [6.45, 7) is 0. The standard InChI is InChI=1S/C22H25FN2/c23-18-6-3-5-15(12-18)17-8-9-19(25-14-17)10-11-21-20-7-2-1-4-16(20)13-22(21)24/h3,5-6,8-12,14,16,20-22H,1-2,4,7,13,24H2/t16-,20-,21+,22+/m1/s1. The van der Waals surface area contributed by atoms with E-state index in [0.29, 0.717) is 5.92 Å². The van der Waals surface area contributed by atoms with Crippen LogP contribution in [0.3, 0.4) is 0 Å². The lowest BCUT2D eigenvalue weighted by Crippen LogP contribution is -2.26. The van der Waals surface area contributed by atoms with E-state index in [2.05, 4.69) is 17.1 Å². The molecule has 0 saturated heterocycles. The van der Waals surface area contributed by atoms with Crippen LogP contribution in [0.15, 0.2) is 48.7 Å². The van der Waals surface area contributed by atoms with Gasteiger partial charge in [-0.1, -0.05) is 43.5 Å². The fourth-order valence-corrected chi connectivity index (χ4v) is 4.70. The third-order valence-electron chi connectivity index (χ3n) is 5.97. The molecule has 2 aliphatic rings. The highest BCUT2D eigenvalue weighted by Gasteiger charge is 2.40. The number of nitrogens with zero attached hydrogens (tertiary/aromatic N) is 1. The molecule has 2 aliphatic carbocycles. The molecule has 3 heteroatoms. The lowest BCUT2D eigenvalue weighted by molar-refractivity contribution is 0.249. The number of rotatable bonds is 3. The van der Waals surface area contributed by atoms with Crippen molar-refractivity contribution >= 4 is 6.08 Å². The van der Waals surface area contributed by atoms with Crippen molar-refractivity contribution in [2.75, 3.05) is 0 Å². The summed E-state index contributed by atoms with van der Waals surface area (Å²) in [6, 6.07) is 10.9. The van der Waals surface area contributed by atoms with Crippen LogP contribution in [0.25, 0.3) is 17.2 Å². The van der Waals surface area contributed by atoms with Crippen LogP contribution in [-0.4, -0.2) is 11.0 Å². The van der Waals surface area contributed by atoms with Crippen LogP contribution in [0.1, 0.15) is 37.8 Å². The maximum Gasteiger partial charge on any atom is 0.123 e. The minimum Gasteiger partial charge on any atom is -0.327 e. The fourth-order valence-electron chi connectivity index (χ4n) is 4.70. The normalized spacial score (nSPS) is 29.0. The summed E-state index contributed by atoms with van der Waals surface area (Å²) in [5, 5.41) is 0. The van der Waals surface area contributed by atoms with E-state index >= 15 is 0 Å². The van der Waals surface area contributed by atoms with E-state index in [0.717, 1.165) is 28.7 Å². The van der Waals surface area contributed by atoms with Gasteiger partial charge in [0.05, 0.1) is 5.69 Å². The van der Waals surface area contributed by atoms with Gasteiger partial charge >= 0.3 is 0 Å². The van der Waals surface area contributed by atoms with Gasteiger partial charge in [0.1, 0.15) is 5.82 Å². The highest BCUT2D eigenvalue weighted by atomic mass is 19.1. The molecule has 1 aromatic carbocycles. The molecule has 0 bridgehead atoms. The Balaban J connectivity index is 1.48. The molecule has 25 heavy (non-hydrogen) atoms. The molecule has 1 aromatic heterocycles. The third-order valence-corrected chi connectivity index (χ3v) is 5.97. The van der Waals surface area contributed by atoms with Crippen molar-refractivity contribution in [3.05, 3.63) is 60.2 Å². The lowest BCUT2D eigenvalue weighted by Gasteiger charge is -2.28. The van der Waals surface area contributed by atoms with Crippen molar-refractivity contribution in [3.63, 3.8) is 0 Å². The summed E-state index contributed by atoms with van der Waals surface area (Å²) in [5.74, 6) is 1.84. The number of aromatic nitrogens is 1. The van der Waals surface area contributed by atoms with Crippen molar-refractivity contribution in [2.24, 2.45) is 23.5 Å². The number of hydrogen-bond acceptors (Lipinski definition) is 2. The van der Waals surface area contributed by atoms with E-state index in [1.54, 1.807) is 6.07 Å². The molecule has 4 rings (SSSR count). The highest BCUT2D eigenvalue weighted by molar-refractivity contribution is 5.63. The summed E-state index contributed by atoms with van der Waals surface area (Å²) in [7, 11) is 0. The maximum atomic E-state index is 13.4. The van der Waals surface area contributed by atoms with Crippen molar-refractivity contribution < 1.29 is 4.39 Å². The van der Waals surface area contributed by atoms with E-state index in [-0.39, 0.29) is 11.9 Å². The SMILES string of the molecule is N[C@H]1C[C@H]2CCCC[C@H]2[C@@H]1C=Cc1ccc(-c2cccc(F)c2)cn1. The van der Waals surface area contributed by atoms with Crippen LogP contribution in [0.4, 0.5) is 4.39 Å². The Morgan fingerprint density at radius 3 is 2.76 bits per heavy atom. The molecule has 2 nitrogen and oxygen atoms in total. The van der Waals surface area contributed by atoms with Crippen molar-refractivity contribution in [1.29, 1.82) is 0 Å². The number of pyridine rings is 1. The molecular weight excluding hydrogens is 311 g/mol. The Bertz CT molecular complexity index is 753. The lowest BCUT2D eigenvalue weighted by atomic mass is 9.78. The Kier molecular flexibility index (Phi) is 4.67. The molecule has 0 spiro atoms. The molecule has 2 aromatic rings. The van der Waals surface area contributed by atoms with Crippen LogP contribution >= 0.6 is 0 Å². The molecule has 0 aliphatic heterocycles. The molecule has 130 valence electrons. The smallest absolute Gasteiger partial charge is 0.123 e. The molecular formula is C22H25FN2. The summed E-state index contributed by atoms with van der Waals surface area (Å²) >= 11 is 0. The Morgan fingerprint density at radius 1 is 1.08 bits per heavy atom. The number of fused-ring (bicyclic) bond motifs is 1. The molecule has 0 unspecified atom stereocenters. The maximum absolute atomic E-state index is 13.4. The molecule has 2 saturated carbocycles. The first-order chi connectivity index (χ1) is 12.2. The summed E-state index contributed by atoms with van der Waals surface area (Å²) in [4.78, 5) is 4.52. The van der Waals surface area contributed by atoms with Gasteiger partial charge in [-0.2, -0.15) is 0 Å². The van der Waals surface area contributed by atoms with Crippen molar-refractivity contribution in [3.8, 4) is 11.1 Å². The first kappa shape index (κ1) is 16.5. The first-order valence-corrected chi connectivity index (χ1v) is 9.36. The van der Waals surface area contributed by atoms with Crippen LogP contribution in [0, 0.1) is 23.6 Å². The predicted octanol–water partition coefficient (Wildman–Crippen LogP) is 5.05. The molecule has 2 fully saturated rings. The zero-order valence-electron chi connectivity index (χ0n) is 14.4. The molecule has 4 atom stereocenters. The molecule has 1 heterocycles. The van der Waals surface area contributed by atoms with Crippen LogP contribution < -0.4 is 5.73 Å². The van der Waals surface area contributed by atoms with Gasteiger partial charge in [0, 0.05) is 17.8 Å².